The molecule has 17 heavy (non-hydrogen) atoms. The van der Waals surface area contributed by atoms with Crippen molar-refractivity contribution in [3.05, 3.63) is 22.4 Å². The average molecular weight is 273 g/mol. The zero-order valence-corrected chi connectivity index (χ0v) is 10.9. The Bertz CT molecular complexity index is 354. The molecule has 0 fully saturated rings. The van der Waals surface area contributed by atoms with Crippen LogP contribution in [0, 0.1) is 0 Å². The largest absolute Gasteiger partial charge is 0.354 e. The maximum atomic E-state index is 11.2. The van der Waals surface area contributed by atoms with Gasteiger partial charge in [-0.05, 0) is 11.4 Å². The standard InChI is InChI=1S/C10H15N3O2S2/c11-10(15)13-6-9(14)12-3-5-16-7-8-2-1-4-17-8/h1-2,4H,3,5-7H2,(H,12,14)(H3,11,13,15). The van der Waals surface area contributed by atoms with Crippen molar-refractivity contribution in [2.24, 2.45) is 5.73 Å². The Kier molecular flexibility index (Phi) is 6.49. The van der Waals surface area contributed by atoms with Crippen molar-refractivity contribution in [3.63, 3.8) is 0 Å². The summed E-state index contributed by atoms with van der Waals surface area (Å²) in [5.74, 6) is 1.59. The molecule has 1 aromatic rings. The first-order valence-corrected chi connectivity index (χ1v) is 7.12. The molecular formula is C10H15N3O2S2. The SMILES string of the molecule is NC(=O)NCC(=O)NCCSCc1cccs1. The second-order valence-electron chi connectivity index (χ2n) is 3.20. The second kappa shape index (κ2) is 7.97. The molecule has 0 saturated heterocycles. The van der Waals surface area contributed by atoms with Crippen LogP contribution >= 0.6 is 23.1 Å². The van der Waals surface area contributed by atoms with Gasteiger partial charge in [0.05, 0.1) is 6.54 Å². The molecule has 0 aliphatic carbocycles. The third-order valence-electron chi connectivity index (χ3n) is 1.82. The van der Waals surface area contributed by atoms with Gasteiger partial charge >= 0.3 is 6.03 Å². The predicted molar refractivity (Wildman–Crippen MR) is 71.1 cm³/mol. The number of carbonyl (C=O) groups excluding carboxylic acids is 2. The summed E-state index contributed by atoms with van der Waals surface area (Å²) in [6.45, 7) is 0.528. The van der Waals surface area contributed by atoms with Crippen LogP contribution in [0.15, 0.2) is 17.5 Å². The fourth-order valence-corrected chi connectivity index (χ4v) is 2.76. The molecule has 0 spiro atoms. The molecular weight excluding hydrogens is 258 g/mol. The van der Waals surface area contributed by atoms with E-state index in [1.54, 1.807) is 23.1 Å². The van der Waals surface area contributed by atoms with E-state index in [1.165, 1.54) is 4.88 Å². The van der Waals surface area contributed by atoms with E-state index in [1.807, 2.05) is 11.4 Å². The number of urea groups is 1. The van der Waals surface area contributed by atoms with E-state index in [0.29, 0.717) is 6.54 Å². The molecule has 0 atom stereocenters. The average Bonchev–Trinajstić information content (AvgIpc) is 2.79. The number of nitrogens with one attached hydrogen (secondary N) is 2. The quantitative estimate of drug-likeness (QED) is 0.641. The summed E-state index contributed by atoms with van der Waals surface area (Å²) in [6.07, 6.45) is 0. The topological polar surface area (TPSA) is 84.2 Å². The molecule has 0 bridgehead atoms. The van der Waals surface area contributed by atoms with E-state index in [2.05, 4.69) is 16.7 Å². The van der Waals surface area contributed by atoms with E-state index in [4.69, 9.17) is 5.73 Å². The first kappa shape index (κ1) is 13.9. The smallest absolute Gasteiger partial charge is 0.312 e. The van der Waals surface area contributed by atoms with Crippen LogP contribution in [0.1, 0.15) is 4.88 Å². The van der Waals surface area contributed by atoms with Gasteiger partial charge in [-0.1, -0.05) is 6.07 Å². The van der Waals surface area contributed by atoms with Crippen LogP contribution in [0.25, 0.3) is 0 Å². The molecule has 0 saturated carbocycles. The van der Waals surface area contributed by atoms with Crippen LogP contribution in [-0.4, -0.2) is 30.8 Å². The maximum Gasteiger partial charge on any atom is 0.312 e. The van der Waals surface area contributed by atoms with Crippen molar-refractivity contribution in [1.29, 1.82) is 0 Å². The second-order valence-corrected chi connectivity index (χ2v) is 5.34. The Labute approximate surface area is 108 Å². The number of nitrogens with two attached hydrogens (primary N) is 1. The molecule has 5 nitrogen and oxygen atoms in total. The monoisotopic (exact) mass is 273 g/mol. The van der Waals surface area contributed by atoms with Crippen molar-refractivity contribution >= 4 is 35.0 Å². The molecule has 3 amide bonds. The van der Waals surface area contributed by atoms with Gasteiger partial charge in [-0.25, -0.2) is 4.79 Å². The summed E-state index contributed by atoms with van der Waals surface area (Å²) in [7, 11) is 0. The first-order valence-electron chi connectivity index (χ1n) is 5.08. The lowest BCUT2D eigenvalue weighted by atomic mass is 10.5. The van der Waals surface area contributed by atoms with Crippen LogP contribution in [0.4, 0.5) is 4.79 Å². The lowest BCUT2D eigenvalue weighted by molar-refractivity contribution is -0.119. The number of hydrogen-bond donors (Lipinski definition) is 3. The first-order chi connectivity index (χ1) is 8.18. The van der Waals surface area contributed by atoms with E-state index in [0.717, 1.165) is 11.5 Å². The Morgan fingerprint density at radius 3 is 2.88 bits per heavy atom. The van der Waals surface area contributed by atoms with Gasteiger partial charge in [-0.2, -0.15) is 11.8 Å². The molecule has 0 aliphatic heterocycles. The maximum absolute atomic E-state index is 11.2. The fourth-order valence-electron chi connectivity index (χ4n) is 1.06. The van der Waals surface area contributed by atoms with Crippen LogP contribution in [-0.2, 0) is 10.5 Å². The predicted octanol–water partition coefficient (Wildman–Crippen LogP) is 0.766. The van der Waals surface area contributed by atoms with Gasteiger partial charge in [0.25, 0.3) is 0 Å². The summed E-state index contributed by atoms with van der Waals surface area (Å²) in [5, 5.41) is 6.97. The van der Waals surface area contributed by atoms with Crippen LogP contribution in [0.2, 0.25) is 0 Å². The third-order valence-corrected chi connectivity index (χ3v) is 3.88. The Morgan fingerprint density at radius 2 is 2.24 bits per heavy atom. The summed E-state index contributed by atoms with van der Waals surface area (Å²) < 4.78 is 0. The molecule has 0 unspecified atom stereocenters. The van der Waals surface area contributed by atoms with Crippen molar-refractivity contribution in [2.75, 3.05) is 18.8 Å². The Balaban J connectivity index is 1.96. The van der Waals surface area contributed by atoms with E-state index >= 15 is 0 Å². The molecule has 1 heterocycles. The summed E-state index contributed by atoms with van der Waals surface area (Å²) >= 11 is 3.49. The van der Waals surface area contributed by atoms with E-state index < -0.39 is 6.03 Å². The number of rotatable bonds is 7. The minimum absolute atomic E-state index is 0.0646. The summed E-state index contributed by atoms with van der Waals surface area (Å²) in [4.78, 5) is 22.8. The molecule has 0 radical (unpaired) electrons. The minimum Gasteiger partial charge on any atom is -0.354 e. The van der Waals surface area contributed by atoms with E-state index in [-0.39, 0.29) is 12.5 Å². The number of primary amides is 1. The highest BCUT2D eigenvalue weighted by Gasteiger charge is 2.01. The number of carbonyl (C=O) groups is 2. The summed E-state index contributed by atoms with van der Waals surface area (Å²) in [6, 6.07) is 3.43. The lowest BCUT2D eigenvalue weighted by Crippen LogP contribution is -2.40. The van der Waals surface area contributed by atoms with Crippen LogP contribution in [0.3, 0.4) is 0 Å². The zero-order chi connectivity index (χ0) is 12.5. The Morgan fingerprint density at radius 1 is 1.41 bits per heavy atom. The molecule has 0 aliphatic rings. The van der Waals surface area contributed by atoms with Crippen molar-refractivity contribution in [2.45, 2.75) is 5.75 Å². The Hall–Kier alpha value is -1.21. The van der Waals surface area contributed by atoms with Gasteiger partial charge in [0, 0.05) is 22.9 Å². The highest BCUT2D eigenvalue weighted by molar-refractivity contribution is 7.98. The minimum atomic E-state index is -0.688. The molecule has 1 aromatic heterocycles. The lowest BCUT2D eigenvalue weighted by Gasteiger charge is -2.04. The van der Waals surface area contributed by atoms with Crippen LogP contribution in [0.5, 0.6) is 0 Å². The fraction of sp³-hybridized carbons (Fsp3) is 0.400. The number of thioether (sulfide) groups is 1. The van der Waals surface area contributed by atoms with Crippen molar-refractivity contribution in [3.8, 4) is 0 Å². The zero-order valence-electron chi connectivity index (χ0n) is 9.27. The van der Waals surface area contributed by atoms with Gasteiger partial charge < -0.3 is 16.4 Å². The van der Waals surface area contributed by atoms with Gasteiger partial charge in [-0.3, -0.25) is 4.79 Å². The van der Waals surface area contributed by atoms with Gasteiger partial charge in [-0.15, -0.1) is 11.3 Å². The van der Waals surface area contributed by atoms with Crippen molar-refractivity contribution < 1.29 is 9.59 Å². The highest BCUT2D eigenvalue weighted by atomic mass is 32.2. The normalized spacial score (nSPS) is 9.88. The summed E-state index contributed by atoms with van der Waals surface area (Å²) in [5.41, 5.74) is 4.84. The molecule has 94 valence electrons. The molecule has 1 rings (SSSR count). The van der Waals surface area contributed by atoms with Crippen LogP contribution < -0.4 is 16.4 Å². The molecule has 0 aromatic carbocycles. The third kappa shape index (κ3) is 6.85. The highest BCUT2D eigenvalue weighted by Crippen LogP contribution is 2.16. The number of thiophene rings is 1. The molecule has 7 heteroatoms. The number of amides is 3. The van der Waals surface area contributed by atoms with E-state index in [9.17, 15) is 9.59 Å². The van der Waals surface area contributed by atoms with Gasteiger partial charge in [0.2, 0.25) is 5.91 Å². The van der Waals surface area contributed by atoms with Gasteiger partial charge in [0.15, 0.2) is 0 Å². The number of hydrogen-bond acceptors (Lipinski definition) is 4. The molecule has 4 N–H and O–H groups in total. The van der Waals surface area contributed by atoms with Crippen molar-refractivity contribution in [1.82, 2.24) is 10.6 Å². The van der Waals surface area contributed by atoms with Gasteiger partial charge in [0.1, 0.15) is 0 Å².